The lowest BCUT2D eigenvalue weighted by molar-refractivity contribution is 0.570. The number of nitrogens with one attached hydrogen (secondary N) is 1. The quantitative estimate of drug-likeness (QED) is 0.741. The average Bonchev–Trinajstić information content (AvgIpc) is 2.91. The number of rotatable bonds is 1. The lowest BCUT2D eigenvalue weighted by Crippen LogP contribution is -2.17. The normalized spacial score (nSPS) is 12.4. The van der Waals surface area contributed by atoms with Gasteiger partial charge in [0, 0.05) is 11.6 Å². The van der Waals surface area contributed by atoms with Crippen LogP contribution in [0.5, 0.6) is 0 Å². The summed E-state index contributed by atoms with van der Waals surface area (Å²) < 4.78 is 28.8. The van der Waals surface area contributed by atoms with E-state index in [0.717, 1.165) is 22.9 Å². The third-order valence-corrected chi connectivity index (χ3v) is 4.42. The van der Waals surface area contributed by atoms with E-state index in [0.29, 0.717) is 24.2 Å². The van der Waals surface area contributed by atoms with Crippen LogP contribution < -0.4 is 5.56 Å². The van der Waals surface area contributed by atoms with Crippen LogP contribution in [-0.2, 0) is 12.8 Å². The van der Waals surface area contributed by atoms with E-state index in [4.69, 9.17) is 5.26 Å². The number of nitriles is 1. The van der Waals surface area contributed by atoms with E-state index >= 15 is 0 Å². The number of halogens is 2. The van der Waals surface area contributed by atoms with Gasteiger partial charge in [0.1, 0.15) is 23.1 Å². The van der Waals surface area contributed by atoms with Crippen LogP contribution in [0.4, 0.5) is 8.78 Å². The van der Waals surface area contributed by atoms with Gasteiger partial charge in [-0.2, -0.15) is 10.4 Å². The van der Waals surface area contributed by atoms with E-state index in [1.54, 1.807) is 13.0 Å². The molecule has 0 saturated heterocycles. The second-order valence-corrected chi connectivity index (χ2v) is 5.94. The topological polar surface area (TPSA) is 74.5 Å². The first kappa shape index (κ1) is 15.3. The smallest absolute Gasteiger partial charge is 0.266 e. The van der Waals surface area contributed by atoms with Gasteiger partial charge in [0.2, 0.25) is 0 Å². The summed E-state index contributed by atoms with van der Waals surface area (Å²) in [5.41, 5.74) is 3.32. The molecule has 2 aromatic heterocycles. The first-order valence-corrected chi connectivity index (χ1v) is 7.70. The van der Waals surface area contributed by atoms with Crippen LogP contribution in [0.15, 0.2) is 29.1 Å². The minimum atomic E-state index is -0.704. The van der Waals surface area contributed by atoms with E-state index in [1.165, 1.54) is 16.8 Å². The lowest BCUT2D eigenvalue weighted by Gasteiger charge is -2.18. The van der Waals surface area contributed by atoms with Gasteiger partial charge in [-0.05, 0) is 43.5 Å². The number of aromatic nitrogens is 3. The minimum absolute atomic E-state index is 0.0665. The summed E-state index contributed by atoms with van der Waals surface area (Å²) in [6.45, 7) is 1.77. The molecular formula is C18H12F2N4O. The van der Waals surface area contributed by atoms with Crippen LogP contribution in [0, 0.1) is 29.9 Å². The Morgan fingerprint density at radius 3 is 2.80 bits per heavy atom. The molecule has 0 saturated carbocycles. The third kappa shape index (κ3) is 2.26. The molecule has 1 aromatic carbocycles. The summed E-state index contributed by atoms with van der Waals surface area (Å²) in [7, 11) is 0. The van der Waals surface area contributed by atoms with E-state index in [2.05, 4.69) is 10.1 Å². The predicted molar refractivity (Wildman–Crippen MR) is 86.4 cm³/mol. The molecule has 1 aliphatic rings. The predicted octanol–water partition coefficient (Wildman–Crippen LogP) is 2.78. The van der Waals surface area contributed by atoms with E-state index in [-0.39, 0.29) is 11.3 Å². The molecule has 1 N–H and O–H groups in total. The Morgan fingerprint density at radius 1 is 1.28 bits per heavy atom. The van der Waals surface area contributed by atoms with E-state index in [9.17, 15) is 13.6 Å². The van der Waals surface area contributed by atoms with Crippen molar-refractivity contribution >= 4 is 0 Å². The highest BCUT2D eigenvalue weighted by Gasteiger charge is 2.26. The summed E-state index contributed by atoms with van der Waals surface area (Å²) in [4.78, 5) is 14.8. The third-order valence-electron chi connectivity index (χ3n) is 4.42. The van der Waals surface area contributed by atoms with Crippen LogP contribution in [0.25, 0.3) is 16.9 Å². The maximum Gasteiger partial charge on any atom is 0.266 e. The Hall–Kier alpha value is -3.27. The van der Waals surface area contributed by atoms with Crippen LogP contribution in [0.3, 0.4) is 0 Å². The van der Waals surface area contributed by atoms with Crippen molar-refractivity contribution in [2.75, 3.05) is 0 Å². The van der Waals surface area contributed by atoms with Gasteiger partial charge >= 0.3 is 0 Å². The summed E-state index contributed by atoms with van der Waals surface area (Å²) in [5, 5.41) is 13.4. The number of hydrogen-bond donors (Lipinski definition) is 1. The highest BCUT2D eigenvalue weighted by molar-refractivity contribution is 5.72. The molecule has 1 aliphatic carbocycles. The molecule has 0 atom stereocenters. The number of aromatic amines is 1. The highest BCUT2D eigenvalue weighted by atomic mass is 19.1. The van der Waals surface area contributed by atoms with Crippen molar-refractivity contribution in [3.63, 3.8) is 0 Å². The summed E-state index contributed by atoms with van der Waals surface area (Å²) in [6, 6.07) is 6.81. The molecule has 5 nitrogen and oxygen atoms in total. The lowest BCUT2D eigenvalue weighted by atomic mass is 9.91. The zero-order valence-corrected chi connectivity index (χ0v) is 13.2. The molecule has 25 heavy (non-hydrogen) atoms. The van der Waals surface area contributed by atoms with Crippen molar-refractivity contribution in [2.24, 2.45) is 0 Å². The Kier molecular flexibility index (Phi) is 3.29. The fraction of sp³-hybridized carbons (Fsp3) is 0.167. The number of aryl methyl sites for hydroxylation is 2. The van der Waals surface area contributed by atoms with Crippen LogP contribution >= 0.6 is 0 Å². The van der Waals surface area contributed by atoms with E-state index in [1.807, 2.05) is 6.07 Å². The molecule has 0 aliphatic heterocycles. The first-order chi connectivity index (χ1) is 12.0. The van der Waals surface area contributed by atoms with Crippen molar-refractivity contribution in [1.82, 2.24) is 14.8 Å². The number of pyridine rings is 1. The Morgan fingerprint density at radius 2 is 2.08 bits per heavy atom. The van der Waals surface area contributed by atoms with E-state index < -0.39 is 17.2 Å². The molecule has 3 aromatic rings. The molecule has 2 heterocycles. The number of hydrogen-bond acceptors (Lipinski definition) is 3. The molecule has 0 bridgehead atoms. The van der Waals surface area contributed by atoms with Gasteiger partial charge in [-0.25, -0.2) is 13.5 Å². The van der Waals surface area contributed by atoms with Crippen molar-refractivity contribution in [2.45, 2.75) is 19.8 Å². The van der Waals surface area contributed by atoms with Gasteiger partial charge in [-0.1, -0.05) is 0 Å². The molecular weight excluding hydrogens is 326 g/mol. The maximum atomic E-state index is 14.2. The Balaban J connectivity index is 1.96. The first-order valence-electron chi connectivity index (χ1n) is 7.70. The highest BCUT2D eigenvalue weighted by Crippen LogP contribution is 2.35. The Labute approximate surface area is 141 Å². The standard InChI is InChI=1S/C18H12F2N4O/c1-9-16-15(24(23-9)14-5-3-12(19)7-13(14)20)4-2-10-6-11(8-21)18(25)22-17(10)16/h3,5-7H,2,4H2,1H3,(H,22,25). The minimum Gasteiger partial charge on any atom is -0.320 e. The summed E-state index contributed by atoms with van der Waals surface area (Å²) in [6.07, 6.45) is 1.15. The molecule has 4 rings (SSSR count). The van der Waals surface area contributed by atoms with Gasteiger partial charge in [0.15, 0.2) is 5.82 Å². The molecule has 0 fully saturated rings. The molecule has 0 amide bonds. The van der Waals surface area contributed by atoms with Crippen molar-refractivity contribution in [3.8, 4) is 23.0 Å². The fourth-order valence-corrected chi connectivity index (χ4v) is 3.31. The van der Waals surface area contributed by atoms with Gasteiger partial charge in [0.05, 0.1) is 17.1 Å². The van der Waals surface area contributed by atoms with Gasteiger partial charge < -0.3 is 4.98 Å². The van der Waals surface area contributed by atoms with Crippen molar-refractivity contribution < 1.29 is 8.78 Å². The number of nitrogens with zero attached hydrogens (tertiary/aromatic N) is 3. The summed E-state index contributed by atoms with van der Waals surface area (Å²) in [5.74, 6) is -1.36. The maximum absolute atomic E-state index is 14.2. The molecule has 7 heteroatoms. The number of H-pyrrole nitrogens is 1. The monoisotopic (exact) mass is 338 g/mol. The second kappa shape index (κ2) is 5.38. The fourth-order valence-electron chi connectivity index (χ4n) is 3.31. The second-order valence-electron chi connectivity index (χ2n) is 5.94. The van der Waals surface area contributed by atoms with Gasteiger partial charge in [-0.15, -0.1) is 0 Å². The largest absolute Gasteiger partial charge is 0.320 e. The van der Waals surface area contributed by atoms with Crippen molar-refractivity contribution in [3.05, 3.63) is 68.8 Å². The molecule has 0 radical (unpaired) electrons. The zero-order chi connectivity index (χ0) is 17.7. The van der Waals surface area contributed by atoms with Crippen LogP contribution in [0.2, 0.25) is 0 Å². The average molecular weight is 338 g/mol. The molecule has 124 valence electrons. The van der Waals surface area contributed by atoms with Gasteiger partial charge in [0.25, 0.3) is 5.56 Å². The summed E-state index contributed by atoms with van der Waals surface area (Å²) >= 11 is 0. The SMILES string of the molecule is Cc1nn(-c2ccc(F)cc2F)c2c1-c1[nH]c(=O)c(C#N)cc1CC2. The molecule has 0 unspecified atom stereocenters. The number of fused-ring (bicyclic) bond motifs is 3. The Bertz CT molecular complexity index is 1120. The van der Waals surface area contributed by atoms with Crippen LogP contribution in [-0.4, -0.2) is 14.8 Å². The number of benzene rings is 1. The van der Waals surface area contributed by atoms with Crippen LogP contribution in [0.1, 0.15) is 22.5 Å². The van der Waals surface area contributed by atoms with Gasteiger partial charge in [-0.3, -0.25) is 4.79 Å². The van der Waals surface area contributed by atoms with Crippen molar-refractivity contribution in [1.29, 1.82) is 5.26 Å². The molecule has 0 spiro atoms. The zero-order valence-electron chi connectivity index (χ0n) is 13.2.